The first kappa shape index (κ1) is 16.9. The molecule has 2 aromatic carbocycles. The number of nitro groups is 1. The summed E-state index contributed by atoms with van der Waals surface area (Å²) in [6, 6.07) is 10.8. The van der Waals surface area contributed by atoms with E-state index in [1.54, 1.807) is 30.3 Å². The number of hydrogen-bond acceptors (Lipinski definition) is 5. The van der Waals surface area contributed by atoms with Gasteiger partial charge in [0.15, 0.2) is 0 Å². The Morgan fingerprint density at radius 1 is 1.07 bits per heavy atom. The first-order valence-corrected chi connectivity index (χ1v) is 8.50. The first-order valence-electron chi connectivity index (χ1n) is 8.50. The van der Waals surface area contributed by atoms with Crippen LogP contribution in [0.3, 0.4) is 0 Å². The highest BCUT2D eigenvalue weighted by molar-refractivity contribution is 6.22. The molecule has 0 fully saturated rings. The molecule has 0 aromatic heterocycles. The quantitative estimate of drug-likeness (QED) is 0.471. The van der Waals surface area contributed by atoms with Crippen LogP contribution < -0.4 is 4.90 Å². The fourth-order valence-corrected chi connectivity index (χ4v) is 3.56. The molecule has 2 heterocycles. The lowest BCUT2D eigenvalue weighted by Crippen LogP contribution is -2.44. The highest BCUT2D eigenvalue weighted by Gasteiger charge is 2.37. The zero-order chi connectivity index (χ0) is 19.1. The summed E-state index contributed by atoms with van der Waals surface area (Å²) in [5.41, 5.74) is 1.87. The van der Waals surface area contributed by atoms with Crippen LogP contribution in [0.1, 0.15) is 32.7 Å². The highest BCUT2D eigenvalue weighted by Crippen LogP contribution is 2.31. The molecule has 136 valence electrons. The second kappa shape index (κ2) is 6.31. The minimum atomic E-state index is -0.482. The fraction of sp³-hybridized carbons (Fsp3) is 0.211. The number of aryl methyl sites for hydroxylation is 1. The minimum absolute atomic E-state index is 0.0246. The fourth-order valence-electron chi connectivity index (χ4n) is 3.56. The number of hydrogen-bond donors (Lipinski definition) is 0. The topological polar surface area (TPSA) is 101 Å². The number of non-ortho nitro benzene ring substituents is 1. The summed E-state index contributed by atoms with van der Waals surface area (Å²) in [5, 5.41) is 11.0. The lowest BCUT2D eigenvalue weighted by Gasteiger charge is -2.30. The number of rotatable bonds is 3. The molecule has 3 amide bonds. The number of nitro benzene ring substituents is 1. The summed E-state index contributed by atoms with van der Waals surface area (Å²) in [5.74, 6) is -1.35. The molecule has 0 aliphatic carbocycles. The molecule has 0 N–H and O–H groups in total. The summed E-state index contributed by atoms with van der Waals surface area (Å²) in [6.07, 6.45) is 1.29. The number of benzene rings is 2. The average Bonchev–Trinajstić information content (AvgIpc) is 2.92. The highest BCUT2D eigenvalue weighted by atomic mass is 16.6. The first-order chi connectivity index (χ1) is 13.0. The maximum Gasteiger partial charge on any atom is 0.269 e. The van der Waals surface area contributed by atoms with E-state index in [-0.39, 0.29) is 18.1 Å². The normalized spacial score (nSPS) is 15.6. The van der Waals surface area contributed by atoms with Gasteiger partial charge in [-0.2, -0.15) is 0 Å². The van der Waals surface area contributed by atoms with Gasteiger partial charge in [-0.15, -0.1) is 0 Å². The number of fused-ring (bicyclic) bond motifs is 2. The SMILES string of the molecule is O=C1c2ccccc2C(=O)N1CC(=O)N1CCCc2cc([N+](=O)[O-])ccc21. The van der Waals surface area contributed by atoms with Crippen molar-refractivity contribution in [3.8, 4) is 0 Å². The van der Waals surface area contributed by atoms with Gasteiger partial charge in [0.05, 0.1) is 16.1 Å². The second-order valence-electron chi connectivity index (χ2n) is 6.46. The molecule has 0 saturated carbocycles. The summed E-state index contributed by atoms with van der Waals surface area (Å²) < 4.78 is 0. The zero-order valence-corrected chi connectivity index (χ0v) is 14.3. The molecule has 2 aliphatic rings. The van der Waals surface area contributed by atoms with Gasteiger partial charge in [0.2, 0.25) is 5.91 Å². The Bertz CT molecular complexity index is 966. The van der Waals surface area contributed by atoms with Gasteiger partial charge in [-0.1, -0.05) is 12.1 Å². The van der Waals surface area contributed by atoms with Crippen LogP contribution in [0.15, 0.2) is 42.5 Å². The smallest absolute Gasteiger partial charge is 0.269 e. The maximum absolute atomic E-state index is 12.8. The van der Waals surface area contributed by atoms with Gasteiger partial charge >= 0.3 is 0 Å². The third kappa shape index (κ3) is 2.75. The summed E-state index contributed by atoms with van der Waals surface area (Å²) in [7, 11) is 0. The van der Waals surface area contributed by atoms with Crippen LogP contribution in [0, 0.1) is 10.1 Å². The monoisotopic (exact) mass is 365 g/mol. The summed E-state index contributed by atoms with van der Waals surface area (Å²) >= 11 is 0. The van der Waals surface area contributed by atoms with Crippen molar-refractivity contribution in [2.45, 2.75) is 12.8 Å². The van der Waals surface area contributed by atoms with Crippen LogP contribution >= 0.6 is 0 Å². The lowest BCUT2D eigenvalue weighted by molar-refractivity contribution is -0.384. The van der Waals surface area contributed by atoms with E-state index in [1.165, 1.54) is 17.0 Å². The molecule has 4 rings (SSSR count). The Morgan fingerprint density at radius 2 is 1.74 bits per heavy atom. The third-order valence-corrected chi connectivity index (χ3v) is 4.87. The average molecular weight is 365 g/mol. The number of carbonyl (C=O) groups is 3. The molecule has 27 heavy (non-hydrogen) atoms. The number of anilines is 1. The van der Waals surface area contributed by atoms with E-state index in [4.69, 9.17) is 0 Å². The van der Waals surface area contributed by atoms with Crippen LogP contribution in [0.4, 0.5) is 11.4 Å². The van der Waals surface area contributed by atoms with Crippen molar-refractivity contribution < 1.29 is 19.3 Å². The predicted octanol–water partition coefficient (Wildman–Crippen LogP) is 2.17. The van der Waals surface area contributed by atoms with Gasteiger partial charge in [0.1, 0.15) is 6.54 Å². The van der Waals surface area contributed by atoms with Crippen molar-refractivity contribution in [2.24, 2.45) is 0 Å². The molecule has 0 atom stereocenters. The van der Waals surface area contributed by atoms with Gasteiger partial charge < -0.3 is 4.90 Å². The third-order valence-electron chi connectivity index (χ3n) is 4.87. The minimum Gasteiger partial charge on any atom is -0.311 e. The van der Waals surface area contributed by atoms with Crippen LogP contribution in [0.2, 0.25) is 0 Å². The molecule has 2 aliphatic heterocycles. The van der Waals surface area contributed by atoms with E-state index in [9.17, 15) is 24.5 Å². The van der Waals surface area contributed by atoms with Crippen LogP contribution in [-0.4, -0.2) is 40.6 Å². The van der Waals surface area contributed by atoms with Gasteiger partial charge in [-0.25, -0.2) is 0 Å². The van der Waals surface area contributed by atoms with E-state index < -0.39 is 16.7 Å². The largest absolute Gasteiger partial charge is 0.311 e. The lowest BCUT2D eigenvalue weighted by atomic mass is 10.0. The van der Waals surface area contributed by atoms with E-state index in [0.717, 1.165) is 4.90 Å². The number of imide groups is 1. The van der Waals surface area contributed by atoms with Crippen molar-refractivity contribution in [3.05, 3.63) is 69.3 Å². The van der Waals surface area contributed by atoms with Crippen molar-refractivity contribution in [1.82, 2.24) is 4.90 Å². The molecule has 2 aromatic rings. The standard InChI is InChI=1S/C19H15N3O5/c23-17(11-21-18(24)14-5-1-2-6-15(14)19(21)25)20-9-3-4-12-10-13(22(26)27)7-8-16(12)20/h1-2,5-8,10H,3-4,9,11H2. The van der Waals surface area contributed by atoms with Gasteiger partial charge in [-0.05, 0) is 36.6 Å². The molecule has 0 saturated heterocycles. The molecule has 8 heteroatoms. The second-order valence-corrected chi connectivity index (χ2v) is 6.46. The Labute approximate surface area is 154 Å². The Kier molecular flexibility index (Phi) is 3.95. The molecule has 0 unspecified atom stereocenters. The Morgan fingerprint density at radius 3 is 2.37 bits per heavy atom. The van der Waals surface area contributed by atoms with Gasteiger partial charge in [-0.3, -0.25) is 29.4 Å². The predicted molar refractivity (Wildman–Crippen MR) is 95.6 cm³/mol. The van der Waals surface area contributed by atoms with Crippen molar-refractivity contribution >= 4 is 29.1 Å². The van der Waals surface area contributed by atoms with Crippen molar-refractivity contribution in [2.75, 3.05) is 18.0 Å². The molecular weight excluding hydrogens is 350 g/mol. The van der Waals surface area contributed by atoms with Crippen molar-refractivity contribution in [1.29, 1.82) is 0 Å². The molecule has 0 radical (unpaired) electrons. The van der Waals surface area contributed by atoms with Crippen LogP contribution in [-0.2, 0) is 11.2 Å². The maximum atomic E-state index is 12.8. The van der Waals surface area contributed by atoms with E-state index in [1.807, 2.05) is 0 Å². The summed E-state index contributed by atoms with van der Waals surface area (Å²) in [6.45, 7) is 0.0790. The van der Waals surface area contributed by atoms with Crippen molar-refractivity contribution in [3.63, 3.8) is 0 Å². The van der Waals surface area contributed by atoms with Gasteiger partial charge in [0.25, 0.3) is 17.5 Å². The molecular formula is C19H15N3O5. The van der Waals surface area contributed by atoms with Crippen LogP contribution in [0.25, 0.3) is 0 Å². The molecule has 8 nitrogen and oxygen atoms in total. The number of carbonyl (C=O) groups excluding carboxylic acids is 3. The molecule has 0 spiro atoms. The van der Waals surface area contributed by atoms with E-state index in [0.29, 0.717) is 41.8 Å². The number of nitrogens with zero attached hydrogens (tertiary/aromatic N) is 3. The Balaban J connectivity index is 1.58. The zero-order valence-electron chi connectivity index (χ0n) is 14.3. The van der Waals surface area contributed by atoms with E-state index >= 15 is 0 Å². The molecule has 0 bridgehead atoms. The van der Waals surface area contributed by atoms with E-state index in [2.05, 4.69) is 0 Å². The number of amides is 3. The summed E-state index contributed by atoms with van der Waals surface area (Å²) in [4.78, 5) is 50.7. The van der Waals surface area contributed by atoms with Crippen LogP contribution in [0.5, 0.6) is 0 Å². The van der Waals surface area contributed by atoms with Gasteiger partial charge in [0, 0.05) is 24.4 Å². The Hall–Kier alpha value is -3.55.